The average molecular weight is 298 g/mol. The van der Waals surface area contributed by atoms with Crippen LogP contribution in [0.1, 0.15) is 35.3 Å². The first kappa shape index (κ1) is 16.0. The Hall–Kier alpha value is -2.33. The average Bonchev–Trinajstić information content (AvgIpc) is 2.49. The van der Waals surface area contributed by atoms with Crippen LogP contribution in [0, 0.1) is 6.92 Å². The fourth-order valence-electron chi connectivity index (χ4n) is 2.11. The minimum atomic E-state index is -0.138. The van der Waals surface area contributed by atoms with Crippen LogP contribution < -0.4 is 15.8 Å². The molecule has 4 nitrogen and oxygen atoms in total. The summed E-state index contributed by atoms with van der Waals surface area (Å²) < 4.78 is 5.69. The van der Waals surface area contributed by atoms with Crippen LogP contribution >= 0.6 is 0 Å². The van der Waals surface area contributed by atoms with Crippen molar-refractivity contribution in [3.05, 3.63) is 59.2 Å². The Balaban J connectivity index is 2.09. The number of anilines is 1. The third-order valence-corrected chi connectivity index (χ3v) is 3.25. The molecule has 3 N–H and O–H groups in total. The molecule has 0 aliphatic heterocycles. The number of aryl methyl sites for hydroxylation is 1. The van der Waals surface area contributed by atoms with E-state index in [0.29, 0.717) is 12.1 Å². The number of hydrogen-bond acceptors (Lipinski definition) is 3. The molecule has 1 amide bonds. The SMILES string of the molecule is Cc1cc(NC(=O)c2ccc(CN)cc2)ccc1OC(C)C. The van der Waals surface area contributed by atoms with Gasteiger partial charge in [-0.05, 0) is 62.2 Å². The lowest BCUT2D eigenvalue weighted by atomic mass is 10.1. The van der Waals surface area contributed by atoms with E-state index in [2.05, 4.69) is 5.32 Å². The van der Waals surface area contributed by atoms with Gasteiger partial charge in [-0.1, -0.05) is 12.1 Å². The van der Waals surface area contributed by atoms with Crippen LogP contribution in [0.25, 0.3) is 0 Å². The molecule has 0 fully saturated rings. The summed E-state index contributed by atoms with van der Waals surface area (Å²) in [7, 11) is 0. The number of carbonyl (C=O) groups is 1. The second kappa shape index (κ2) is 7.09. The fraction of sp³-hybridized carbons (Fsp3) is 0.278. The third kappa shape index (κ3) is 4.09. The summed E-state index contributed by atoms with van der Waals surface area (Å²) in [5, 5.41) is 2.89. The van der Waals surface area contributed by atoms with Crippen LogP contribution in [-0.4, -0.2) is 12.0 Å². The van der Waals surface area contributed by atoms with Gasteiger partial charge in [-0.2, -0.15) is 0 Å². The molecule has 22 heavy (non-hydrogen) atoms. The lowest BCUT2D eigenvalue weighted by molar-refractivity contribution is 0.102. The first-order valence-corrected chi connectivity index (χ1v) is 7.37. The lowest BCUT2D eigenvalue weighted by Gasteiger charge is -2.14. The highest BCUT2D eigenvalue weighted by molar-refractivity contribution is 6.04. The highest BCUT2D eigenvalue weighted by Gasteiger charge is 2.08. The summed E-state index contributed by atoms with van der Waals surface area (Å²) in [4.78, 5) is 12.2. The molecule has 0 saturated carbocycles. The molecule has 0 atom stereocenters. The van der Waals surface area contributed by atoms with E-state index in [9.17, 15) is 4.79 Å². The van der Waals surface area contributed by atoms with Gasteiger partial charge in [0.2, 0.25) is 0 Å². The van der Waals surface area contributed by atoms with Crippen molar-refractivity contribution in [2.45, 2.75) is 33.4 Å². The maximum Gasteiger partial charge on any atom is 0.255 e. The van der Waals surface area contributed by atoms with Crippen LogP contribution in [0.15, 0.2) is 42.5 Å². The molecule has 0 aliphatic rings. The van der Waals surface area contributed by atoms with Crippen molar-refractivity contribution in [2.75, 3.05) is 5.32 Å². The molecule has 2 aromatic rings. The molecular formula is C18H22N2O2. The molecular weight excluding hydrogens is 276 g/mol. The van der Waals surface area contributed by atoms with Gasteiger partial charge in [-0.25, -0.2) is 0 Å². The molecule has 0 unspecified atom stereocenters. The van der Waals surface area contributed by atoms with Gasteiger partial charge < -0.3 is 15.8 Å². The zero-order valence-electron chi connectivity index (χ0n) is 13.2. The minimum absolute atomic E-state index is 0.125. The van der Waals surface area contributed by atoms with E-state index in [1.165, 1.54) is 0 Å². The Morgan fingerprint density at radius 1 is 1.18 bits per heavy atom. The Kier molecular flexibility index (Phi) is 5.17. The van der Waals surface area contributed by atoms with Crippen LogP contribution in [0.4, 0.5) is 5.69 Å². The number of rotatable bonds is 5. The standard InChI is InChI=1S/C18H22N2O2/c1-12(2)22-17-9-8-16(10-13(17)3)20-18(21)15-6-4-14(11-19)5-7-15/h4-10,12H,11,19H2,1-3H3,(H,20,21). The Labute approximate surface area is 131 Å². The van der Waals surface area contributed by atoms with E-state index in [4.69, 9.17) is 10.5 Å². The van der Waals surface area contributed by atoms with Crippen molar-refractivity contribution in [2.24, 2.45) is 5.73 Å². The molecule has 4 heteroatoms. The number of hydrogen-bond donors (Lipinski definition) is 2. The van der Waals surface area contributed by atoms with Gasteiger partial charge in [0.05, 0.1) is 6.10 Å². The number of amides is 1. The van der Waals surface area contributed by atoms with E-state index in [-0.39, 0.29) is 12.0 Å². The predicted octanol–water partition coefficient (Wildman–Crippen LogP) is 3.49. The number of nitrogens with two attached hydrogens (primary N) is 1. The first-order chi connectivity index (χ1) is 10.5. The second-order valence-corrected chi connectivity index (χ2v) is 5.50. The van der Waals surface area contributed by atoms with Crippen molar-refractivity contribution in [1.29, 1.82) is 0 Å². The van der Waals surface area contributed by atoms with Gasteiger partial charge >= 0.3 is 0 Å². The van der Waals surface area contributed by atoms with E-state index in [0.717, 1.165) is 22.6 Å². The second-order valence-electron chi connectivity index (χ2n) is 5.50. The van der Waals surface area contributed by atoms with Crippen molar-refractivity contribution in [3.63, 3.8) is 0 Å². The zero-order chi connectivity index (χ0) is 16.1. The quantitative estimate of drug-likeness (QED) is 0.888. The summed E-state index contributed by atoms with van der Waals surface area (Å²) in [5.41, 5.74) is 8.91. The van der Waals surface area contributed by atoms with Crippen molar-refractivity contribution >= 4 is 11.6 Å². The molecule has 0 radical (unpaired) electrons. The number of nitrogens with one attached hydrogen (secondary N) is 1. The molecule has 0 saturated heterocycles. The summed E-state index contributed by atoms with van der Waals surface area (Å²) in [6.45, 7) is 6.40. The van der Waals surface area contributed by atoms with Gasteiger partial charge in [0.1, 0.15) is 5.75 Å². The van der Waals surface area contributed by atoms with Gasteiger partial charge in [0, 0.05) is 17.8 Å². The van der Waals surface area contributed by atoms with Crippen LogP contribution in [0.5, 0.6) is 5.75 Å². The molecule has 0 heterocycles. The smallest absolute Gasteiger partial charge is 0.255 e. The number of benzene rings is 2. The lowest BCUT2D eigenvalue weighted by Crippen LogP contribution is -2.12. The van der Waals surface area contributed by atoms with E-state index >= 15 is 0 Å². The Morgan fingerprint density at radius 2 is 1.86 bits per heavy atom. The summed E-state index contributed by atoms with van der Waals surface area (Å²) in [6, 6.07) is 12.9. The highest BCUT2D eigenvalue weighted by Crippen LogP contribution is 2.23. The summed E-state index contributed by atoms with van der Waals surface area (Å²) in [5.74, 6) is 0.695. The fourth-order valence-corrected chi connectivity index (χ4v) is 2.11. The Morgan fingerprint density at radius 3 is 2.41 bits per heavy atom. The van der Waals surface area contributed by atoms with Gasteiger partial charge in [-0.3, -0.25) is 4.79 Å². The van der Waals surface area contributed by atoms with Crippen LogP contribution in [-0.2, 0) is 6.54 Å². The van der Waals surface area contributed by atoms with E-state index < -0.39 is 0 Å². The van der Waals surface area contributed by atoms with Crippen molar-refractivity contribution in [3.8, 4) is 5.75 Å². The third-order valence-electron chi connectivity index (χ3n) is 3.25. The summed E-state index contributed by atoms with van der Waals surface area (Å²) >= 11 is 0. The summed E-state index contributed by atoms with van der Waals surface area (Å²) in [6.07, 6.45) is 0.125. The largest absolute Gasteiger partial charge is 0.491 e. The minimum Gasteiger partial charge on any atom is -0.491 e. The normalized spacial score (nSPS) is 10.6. The monoisotopic (exact) mass is 298 g/mol. The topological polar surface area (TPSA) is 64.4 Å². The maximum absolute atomic E-state index is 12.2. The van der Waals surface area contributed by atoms with Crippen LogP contribution in [0.3, 0.4) is 0 Å². The van der Waals surface area contributed by atoms with Gasteiger partial charge in [-0.15, -0.1) is 0 Å². The van der Waals surface area contributed by atoms with Gasteiger partial charge in [0.15, 0.2) is 0 Å². The zero-order valence-corrected chi connectivity index (χ0v) is 13.2. The highest BCUT2D eigenvalue weighted by atomic mass is 16.5. The van der Waals surface area contributed by atoms with Crippen molar-refractivity contribution in [1.82, 2.24) is 0 Å². The molecule has 0 aliphatic carbocycles. The first-order valence-electron chi connectivity index (χ1n) is 7.37. The number of ether oxygens (including phenoxy) is 1. The molecule has 0 aromatic heterocycles. The van der Waals surface area contributed by atoms with Crippen LogP contribution in [0.2, 0.25) is 0 Å². The van der Waals surface area contributed by atoms with Gasteiger partial charge in [0.25, 0.3) is 5.91 Å². The van der Waals surface area contributed by atoms with E-state index in [1.807, 2.05) is 51.1 Å². The molecule has 116 valence electrons. The molecule has 0 spiro atoms. The Bertz CT molecular complexity index is 649. The molecule has 2 aromatic carbocycles. The maximum atomic E-state index is 12.2. The number of carbonyl (C=O) groups excluding carboxylic acids is 1. The predicted molar refractivity (Wildman–Crippen MR) is 89.2 cm³/mol. The molecule has 2 rings (SSSR count). The van der Waals surface area contributed by atoms with Crippen molar-refractivity contribution < 1.29 is 9.53 Å². The molecule has 0 bridgehead atoms. The van der Waals surface area contributed by atoms with E-state index in [1.54, 1.807) is 12.1 Å².